The van der Waals surface area contributed by atoms with Crippen molar-refractivity contribution in [1.82, 2.24) is 0 Å². The van der Waals surface area contributed by atoms with E-state index in [1.54, 1.807) is 7.11 Å². The van der Waals surface area contributed by atoms with Gasteiger partial charge in [0.15, 0.2) is 0 Å². The lowest BCUT2D eigenvalue weighted by atomic mass is 10.2. The van der Waals surface area contributed by atoms with E-state index in [2.05, 4.69) is 15.9 Å². The molecule has 0 amide bonds. The maximum absolute atomic E-state index is 5.75. The first-order valence-electron chi connectivity index (χ1n) is 5.50. The van der Waals surface area contributed by atoms with Gasteiger partial charge in [0.05, 0.1) is 12.8 Å². The summed E-state index contributed by atoms with van der Waals surface area (Å²) in [4.78, 5) is 0. The van der Waals surface area contributed by atoms with Gasteiger partial charge in [0.2, 0.25) is 0 Å². The molecule has 2 aromatic carbocycles. The largest absolute Gasteiger partial charge is 0.495 e. The minimum Gasteiger partial charge on any atom is -0.495 e. The summed E-state index contributed by atoms with van der Waals surface area (Å²) >= 11 is 3.38. The number of nitrogens with two attached hydrogens (primary N) is 1. The Morgan fingerprint density at radius 3 is 2.50 bits per heavy atom. The van der Waals surface area contributed by atoms with Crippen molar-refractivity contribution in [2.24, 2.45) is 0 Å². The number of methoxy groups -OCH3 is 1. The predicted octanol–water partition coefficient (Wildman–Crippen LogP) is 3.62. The molecule has 94 valence electrons. The van der Waals surface area contributed by atoms with Crippen molar-refractivity contribution in [3.8, 4) is 11.5 Å². The number of rotatable bonds is 4. The molecule has 0 atom stereocenters. The third-order valence-electron chi connectivity index (χ3n) is 2.52. The zero-order valence-electron chi connectivity index (χ0n) is 10.0. The summed E-state index contributed by atoms with van der Waals surface area (Å²) in [6.07, 6.45) is 0. The lowest BCUT2D eigenvalue weighted by Crippen LogP contribution is -1.98. The van der Waals surface area contributed by atoms with Gasteiger partial charge in [-0.25, -0.2) is 0 Å². The fourth-order valence-corrected chi connectivity index (χ4v) is 1.81. The average molecular weight is 308 g/mol. The average Bonchev–Trinajstić information content (AvgIpc) is 2.39. The van der Waals surface area contributed by atoms with E-state index in [0.29, 0.717) is 18.0 Å². The smallest absolute Gasteiger partial charge is 0.142 e. The van der Waals surface area contributed by atoms with Crippen molar-refractivity contribution in [2.75, 3.05) is 12.8 Å². The first-order valence-corrected chi connectivity index (χ1v) is 6.29. The summed E-state index contributed by atoms with van der Waals surface area (Å²) in [7, 11) is 1.60. The quantitative estimate of drug-likeness (QED) is 0.877. The fourth-order valence-electron chi connectivity index (χ4n) is 1.54. The third-order valence-corrected chi connectivity index (χ3v) is 3.05. The van der Waals surface area contributed by atoms with Crippen LogP contribution in [-0.2, 0) is 6.61 Å². The number of ether oxygens (including phenoxy) is 2. The second kappa shape index (κ2) is 5.78. The van der Waals surface area contributed by atoms with Crippen LogP contribution in [0, 0.1) is 0 Å². The number of benzene rings is 2. The Labute approximate surface area is 115 Å². The van der Waals surface area contributed by atoms with Crippen molar-refractivity contribution < 1.29 is 9.47 Å². The van der Waals surface area contributed by atoms with Crippen LogP contribution in [0.15, 0.2) is 46.9 Å². The molecule has 0 spiro atoms. The Balaban J connectivity index is 2.04. The zero-order valence-corrected chi connectivity index (χ0v) is 11.6. The summed E-state index contributed by atoms with van der Waals surface area (Å²) in [5.41, 5.74) is 7.40. The molecule has 0 heterocycles. The molecular weight excluding hydrogens is 294 g/mol. The van der Waals surface area contributed by atoms with Crippen LogP contribution in [0.2, 0.25) is 0 Å². The maximum atomic E-state index is 5.75. The Morgan fingerprint density at radius 2 is 1.83 bits per heavy atom. The monoisotopic (exact) mass is 307 g/mol. The van der Waals surface area contributed by atoms with E-state index in [-0.39, 0.29) is 0 Å². The highest BCUT2D eigenvalue weighted by molar-refractivity contribution is 9.10. The fraction of sp³-hybridized carbons (Fsp3) is 0.143. The number of hydrogen-bond acceptors (Lipinski definition) is 3. The highest BCUT2D eigenvalue weighted by atomic mass is 79.9. The van der Waals surface area contributed by atoms with E-state index in [1.165, 1.54) is 0 Å². The first kappa shape index (κ1) is 12.8. The lowest BCUT2D eigenvalue weighted by Gasteiger charge is -2.09. The third kappa shape index (κ3) is 3.17. The molecule has 2 rings (SSSR count). The van der Waals surface area contributed by atoms with Gasteiger partial charge in [-0.15, -0.1) is 0 Å². The molecule has 0 radical (unpaired) electrons. The molecule has 0 aromatic heterocycles. The van der Waals surface area contributed by atoms with Crippen molar-refractivity contribution in [1.29, 1.82) is 0 Å². The van der Waals surface area contributed by atoms with E-state index < -0.39 is 0 Å². The van der Waals surface area contributed by atoms with E-state index in [0.717, 1.165) is 15.8 Å². The Morgan fingerprint density at radius 1 is 1.11 bits per heavy atom. The summed E-state index contributed by atoms with van der Waals surface area (Å²) in [5.74, 6) is 1.50. The maximum Gasteiger partial charge on any atom is 0.142 e. The molecule has 4 heteroatoms. The second-order valence-electron chi connectivity index (χ2n) is 3.82. The van der Waals surface area contributed by atoms with Gasteiger partial charge >= 0.3 is 0 Å². The van der Waals surface area contributed by atoms with Gasteiger partial charge in [0.25, 0.3) is 0 Å². The van der Waals surface area contributed by atoms with Crippen LogP contribution in [-0.4, -0.2) is 7.11 Å². The lowest BCUT2D eigenvalue weighted by molar-refractivity contribution is 0.305. The highest BCUT2D eigenvalue weighted by Crippen LogP contribution is 2.23. The Kier molecular flexibility index (Phi) is 4.10. The van der Waals surface area contributed by atoms with Crippen LogP contribution in [0.4, 0.5) is 5.69 Å². The van der Waals surface area contributed by atoms with Gasteiger partial charge in [-0.2, -0.15) is 0 Å². The molecule has 3 nitrogen and oxygen atoms in total. The van der Waals surface area contributed by atoms with Crippen molar-refractivity contribution in [3.05, 3.63) is 52.5 Å². The first-order chi connectivity index (χ1) is 8.69. The van der Waals surface area contributed by atoms with E-state index in [4.69, 9.17) is 15.2 Å². The molecule has 0 saturated carbocycles. The number of halogens is 1. The summed E-state index contributed by atoms with van der Waals surface area (Å²) in [6, 6.07) is 13.3. The zero-order chi connectivity index (χ0) is 13.0. The molecule has 0 aliphatic rings. The van der Waals surface area contributed by atoms with Crippen molar-refractivity contribution in [2.45, 2.75) is 6.61 Å². The van der Waals surface area contributed by atoms with E-state index >= 15 is 0 Å². The summed E-state index contributed by atoms with van der Waals surface area (Å²) in [5, 5.41) is 0. The highest BCUT2D eigenvalue weighted by Gasteiger charge is 2.02. The minimum atomic E-state index is 0.484. The standard InChI is InChI=1S/C14H14BrNO2/c1-17-14-8-10(2-7-13(14)16)9-18-12-5-3-11(15)4-6-12/h2-8H,9,16H2,1H3. The van der Waals surface area contributed by atoms with Crippen LogP contribution in [0.3, 0.4) is 0 Å². The van der Waals surface area contributed by atoms with Gasteiger partial charge in [-0.1, -0.05) is 22.0 Å². The Bertz CT molecular complexity index is 526. The van der Waals surface area contributed by atoms with Gasteiger partial charge in [-0.05, 0) is 42.0 Å². The predicted molar refractivity (Wildman–Crippen MR) is 75.9 cm³/mol. The molecule has 0 saturated heterocycles. The molecule has 0 bridgehead atoms. The molecule has 2 N–H and O–H groups in total. The normalized spacial score (nSPS) is 10.1. The van der Waals surface area contributed by atoms with Gasteiger partial charge in [0, 0.05) is 4.47 Å². The molecule has 0 unspecified atom stereocenters. The van der Waals surface area contributed by atoms with Crippen LogP contribution < -0.4 is 15.2 Å². The van der Waals surface area contributed by atoms with Crippen molar-refractivity contribution >= 4 is 21.6 Å². The molecule has 2 aromatic rings. The van der Waals surface area contributed by atoms with Crippen LogP contribution >= 0.6 is 15.9 Å². The van der Waals surface area contributed by atoms with Crippen LogP contribution in [0.1, 0.15) is 5.56 Å². The number of anilines is 1. The van der Waals surface area contributed by atoms with Gasteiger partial charge in [0.1, 0.15) is 18.1 Å². The number of hydrogen-bond donors (Lipinski definition) is 1. The van der Waals surface area contributed by atoms with Gasteiger partial charge in [-0.3, -0.25) is 0 Å². The topological polar surface area (TPSA) is 44.5 Å². The van der Waals surface area contributed by atoms with E-state index in [9.17, 15) is 0 Å². The van der Waals surface area contributed by atoms with E-state index in [1.807, 2.05) is 42.5 Å². The molecule has 0 fully saturated rings. The summed E-state index contributed by atoms with van der Waals surface area (Å²) < 4.78 is 11.9. The van der Waals surface area contributed by atoms with Crippen LogP contribution in [0.5, 0.6) is 11.5 Å². The summed E-state index contributed by atoms with van der Waals surface area (Å²) in [6.45, 7) is 0.484. The van der Waals surface area contributed by atoms with Crippen LogP contribution in [0.25, 0.3) is 0 Å². The molecule has 0 aliphatic heterocycles. The molecule has 18 heavy (non-hydrogen) atoms. The SMILES string of the molecule is COc1cc(COc2ccc(Br)cc2)ccc1N. The van der Waals surface area contributed by atoms with Gasteiger partial charge < -0.3 is 15.2 Å². The molecular formula is C14H14BrNO2. The second-order valence-corrected chi connectivity index (χ2v) is 4.73. The Hall–Kier alpha value is -1.68. The minimum absolute atomic E-state index is 0.484. The molecule has 0 aliphatic carbocycles. The number of nitrogen functional groups attached to an aromatic ring is 1. The van der Waals surface area contributed by atoms with Crippen molar-refractivity contribution in [3.63, 3.8) is 0 Å².